The molecule has 3 aromatic rings. The first-order valence-electron chi connectivity index (χ1n) is 8.65. The molecular formula is C20H15BrN2O4. The number of pyridine rings is 1. The standard InChI is InChI=1S/C20H15BrN2O4/c21-10-2-3-11-14(6-10)20(25)23(5-1-4-22)18-12-7-15-16(27-9-26-15)8-13(12)19(24)17(11)18/h2-3,6-8H,1,4-5,9,22H2. The first-order valence-corrected chi connectivity index (χ1v) is 9.44. The fourth-order valence-electron chi connectivity index (χ4n) is 3.85. The average Bonchev–Trinajstić information content (AvgIpc) is 3.23. The average molecular weight is 427 g/mol. The van der Waals surface area contributed by atoms with Crippen LogP contribution >= 0.6 is 15.9 Å². The Morgan fingerprint density at radius 3 is 2.52 bits per heavy atom. The molecular weight excluding hydrogens is 412 g/mol. The molecule has 136 valence electrons. The van der Waals surface area contributed by atoms with Gasteiger partial charge in [0.25, 0.3) is 5.56 Å². The van der Waals surface area contributed by atoms with Gasteiger partial charge in [-0.3, -0.25) is 9.59 Å². The van der Waals surface area contributed by atoms with E-state index in [1.54, 1.807) is 22.8 Å². The molecule has 2 heterocycles. The fourth-order valence-corrected chi connectivity index (χ4v) is 4.22. The normalized spacial score (nSPS) is 13.9. The van der Waals surface area contributed by atoms with Gasteiger partial charge in [-0.05, 0) is 37.2 Å². The summed E-state index contributed by atoms with van der Waals surface area (Å²) in [5, 5.41) is 1.17. The molecule has 0 atom stereocenters. The number of fused-ring (bicyclic) bond motifs is 6. The van der Waals surface area contributed by atoms with E-state index in [0.717, 1.165) is 4.47 Å². The molecule has 5 rings (SSSR count). The van der Waals surface area contributed by atoms with E-state index >= 15 is 0 Å². The van der Waals surface area contributed by atoms with Crippen LogP contribution in [0.1, 0.15) is 22.3 Å². The van der Waals surface area contributed by atoms with Crippen molar-refractivity contribution in [3.05, 3.63) is 56.3 Å². The number of aromatic nitrogens is 1. The van der Waals surface area contributed by atoms with Crippen LogP contribution in [0.5, 0.6) is 11.5 Å². The molecule has 0 saturated heterocycles. The summed E-state index contributed by atoms with van der Waals surface area (Å²) in [6, 6.07) is 8.93. The van der Waals surface area contributed by atoms with Crippen molar-refractivity contribution in [2.45, 2.75) is 13.0 Å². The van der Waals surface area contributed by atoms with Gasteiger partial charge in [-0.1, -0.05) is 22.0 Å². The van der Waals surface area contributed by atoms with Gasteiger partial charge in [-0.15, -0.1) is 0 Å². The zero-order valence-electron chi connectivity index (χ0n) is 14.3. The Hall–Kier alpha value is -2.64. The van der Waals surface area contributed by atoms with Gasteiger partial charge < -0.3 is 19.8 Å². The molecule has 7 heteroatoms. The third-order valence-corrected chi connectivity index (χ3v) is 5.55. The van der Waals surface area contributed by atoms with E-state index in [2.05, 4.69) is 15.9 Å². The molecule has 1 aliphatic carbocycles. The van der Waals surface area contributed by atoms with Gasteiger partial charge in [-0.2, -0.15) is 0 Å². The zero-order chi connectivity index (χ0) is 18.7. The minimum absolute atomic E-state index is 0.105. The lowest BCUT2D eigenvalue weighted by Gasteiger charge is -2.15. The quantitative estimate of drug-likeness (QED) is 0.544. The molecule has 2 aliphatic rings. The van der Waals surface area contributed by atoms with Gasteiger partial charge in [0, 0.05) is 32.9 Å². The fraction of sp³-hybridized carbons (Fsp3) is 0.200. The lowest BCUT2D eigenvalue weighted by atomic mass is 10.0. The van der Waals surface area contributed by atoms with E-state index in [-0.39, 0.29) is 18.1 Å². The van der Waals surface area contributed by atoms with Gasteiger partial charge in [0.05, 0.1) is 11.3 Å². The Bertz CT molecular complexity index is 1200. The number of ketones is 1. The van der Waals surface area contributed by atoms with E-state index in [9.17, 15) is 9.59 Å². The second-order valence-electron chi connectivity index (χ2n) is 6.59. The molecule has 0 unspecified atom stereocenters. The van der Waals surface area contributed by atoms with Crippen LogP contribution in [0.3, 0.4) is 0 Å². The summed E-state index contributed by atoms with van der Waals surface area (Å²) in [5.41, 5.74) is 7.98. The maximum Gasteiger partial charge on any atom is 0.258 e. The first-order chi connectivity index (χ1) is 13.1. The minimum atomic E-state index is -0.128. The smallest absolute Gasteiger partial charge is 0.258 e. The molecule has 2 aromatic carbocycles. The highest BCUT2D eigenvalue weighted by Crippen LogP contribution is 2.45. The summed E-state index contributed by atoms with van der Waals surface area (Å²) < 4.78 is 13.4. The Balaban J connectivity index is 1.90. The monoisotopic (exact) mass is 426 g/mol. The van der Waals surface area contributed by atoms with E-state index in [1.165, 1.54) is 0 Å². The molecule has 0 amide bonds. The van der Waals surface area contributed by atoms with Gasteiger partial charge in [0.1, 0.15) is 0 Å². The molecule has 27 heavy (non-hydrogen) atoms. The van der Waals surface area contributed by atoms with Gasteiger partial charge in [-0.25, -0.2) is 0 Å². The summed E-state index contributed by atoms with van der Waals surface area (Å²) in [6.07, 6.45) is 0.639. The second-order valence-corrected chi connectivity index (χ2v) is 7.51. The SMILES string of the molecule is NCCCn1c2c(c3ccc(Br)cc3c1=O)C(=O)c1cc3c(cc1-2)OCO3. The molecule has 0 spiro atoms. The highest BCUT2D eigenvalue weighted by atomic mass is 79.9. The number of nitrogens with zero attached hydrogens (tertiary/aromatic N) is 1. The number of carbonyl (C=O) groups excluding carboxylic acids is 1. The van der Waals surface area contributed by atoms with Crippen molar-refractivity contribution in [3.8, 4) is 22.8 Å². The molecule has 6 nitrogen and oxygen atoms in total. The van der Waals surface area contributed by atoms with Crippen LogP contribution in [0, 0.1) is 0 Å². The second kappa shape index (κ2) is 5.94. The number of halogens is 1. The summed E-state index contributed by atoms with van der Waals surface area (Å²) in [7, 11) is 0. The molecule has 1 aliphatic heterocycles. The van der Waals surface area contributed by atoms with Gasteiger partial charge in [0.2, 0.25) is 6.79 Å². The highest BCUT2D eigenvalue weighted by Gasteiger charge is 2.35. The van der Waals surface area contributed by atoms with E-state index in [1.807, 2.05) is 12.1 Å². The Kier molecular flexibility index (Phi) is 3.63. The summed E-state index contributed by atoms with van der Waals surface area (Å²) in [5.74, 6) is 1.04. The van der Waals surface area contributed by atoms with Crippen LogP contribution in [0.25, 0.3) is 22.0 Å². The van der Waals surface area contributed by atoms with Gasteiger partial charge in [0.15, 0.2) is 17.3 Å². The Morgan fingerprint density at radius 2 is 1.78 bits per heavy atom. The Morgan fingerprint density at radius 1 is 1.04 bits per heavy atom. The summed E-state index contributed by atoms with van der Waals surface area (Å²) in [4.78, 5) is 26.5. The van der Waals surface area contributed by atoms with E-state index in [4.69, 9.17) is 15.2 Å². The third kappa shape index (κ3) is 2.28. The molecule has 0 radical (unpaired) electrons. The molecule has 1 aromatic heterocycles. The number of hydrogen-bond donors (Lipinski definition) is 1. The van der Waals surface area contributed by atoms with Crippen molar-refractivity contribution in [3.63, 3.8) is 0 Å². The number of benzene rings is 2. The lowest BCUT2D eigenvalue weighted by molar-refractivity contribution is 0.104. The largest absolute Gasteiger partial charge is 0.454 e. The van der Waals surface area contributed by atoms with Crippen molar-refractivity contribution in [2.75, 3.05) is 13.3 Å². The van der Waals surface area contributed by atoms with Crippen molar-refractivity contribution in [1.29, 1.82) is 0 Å². The van der Waals surface area contributed by atoms with Crippen molar-refractivity contribution < 1.29 is 14.3 Å². The first kappa shape index (κ1) is 16.5. The number of carbonyl (C=O) groups is 1. The number of rotatable bonds is 3. The number of ether oxygens (including phenoxy) is 2. The third-order valence-electron chi connectivity index (χ3n) is 5.06. The molecule has 0 fully saturated rings. The summed E-state index contributed by atoms with van der Waals surface area (Å²) >= 11 is 3.42. The van der Waals surface area contributed by atoms with Crippen LogP contribution in [-0.4, -0.2) is 23.7 Å². The molecule has 2 N–H and O–H groups in total. The lowest BCUT2D eigenvalue weighted by Crippen LogP contribution is -2.24. The topological polar surface area (TPSA) is 83.6 Å². The predicted molar refractivity (Wildman–Crippen MR) is 105 cm³/mol. The maximum atomic E-state index is 13.3. The zero-order valence-corrected chi connectivity index (χ0v) is 15.8. The van der Waals surface area contributed by atoms with Crippen molar-refractivity contribution in [2.24, 2.45) is 5.73 Å². The van der Waals surface area contributed by atoms with Crippen LogP contribution in [0.2, 0.25) is 0 Å². The minimum Gasteiger partial charge on any atom is -0.454 e. The van der Waals surface area contributed by atoms with E-state index in [0.29, 0.717) is 64.2 Å². The number of nitrogens with two attached hydrogens (primary N) is 1. The van der Waals surface area contributed by atoms with E-state index < -0.39 is 0 Å². The van der Waals surface area contributed by atoms with Crippen LogP contribution in [0.15, 0.2) is 39.6 Å². The number of hydrogen-bond acceptors (Lipinski definition) is 5. The van der Waals surface area contributed by atoms with Crippen LogP contribution in [0.4, 0.5) is 0 Å². The molecule has 0 bridgehead atoms. The maximum absolute atomic E-state index is 13.3. The Labute approximate surface area is 162 Å². The summed E-state index contributed by atoms with van der Waals surface area (Å²) in [6.45, 7) is 1.03. The van der Waals surface area contributed by atoms with Crippen LogP contribution < -0.4 is 20.8 Å². The van der Waals surface area contributed by atoms with Crippen molar-refractivity contribution in [1.82, 2.24) is 4.57 Å². The van der Waals surface area contributed by atoms with Crippen LogP contribution in [-0.2, 0) is 6.54 Å². The van der Waals surface area contributed by atoms with Crippen molar-refractivity contribution >= 4 is 32.5 Å². The predicted octanol–water partition coefficient (Wildman–Crippen LogP) is 3.05. The highest BCUT2D eigenvalue weighted by molar-refractivity contribution is 9.10. The van der Waals surface area contributed by atoms with Gasteiger partial charge >= 0.3 is 0 Å². The molecule has 0 saturated carbocycles.